The van der Waals surface area contributed by atoms with Gasteiger partial charge in [0.05, 0.1) is 12.2 Å². The molecular weight excluding hydrogens is 322 g/mol. The Kier molecular flexibility index (Phi) is 5.99. The van der Waals surface area contributed by atoms with Crippen LogP contribution in [0.25, 0.3) is 0 Å². The molecule has 0 spiro atoms. The van der Waals surface area contributed by atoms with Crippen LogP contribution in [0, 0.1) is 6.92 Å². The highest BCUT2D eigenvalue weighted by Crippen LogP contribution is 2.12. The molecule has 0 unspecified atom stereocenters. The van der Waals surface area contributed by atoms with E-state index in [0.717, 1.165) is 23.4 Å². The Bertz CT molecular complexity index is 834. The SMILES string of the molecule is Cc1cccc(NC(=O)N(CCc2ccccc2)Cc2ccccn2)c1. The van der Waals surface area contributed by atoms with Crippen LogP contribution in [-0.2, 0) is 13.0 Å². The summed E-state index contributed by atoms with van der Waals surface area (Å²) in [6.45, 7) is 3.11. The number of amides is 2. The van der Waals surface area contributed by atoms with Gasteiger partial charge in [-0.25, -0.2) is 4.79 Å². The normalized spacial score (nSPS) is 10.3. The summed E-state index contributed by atoms with van der Waals surface area (Å²) in [6, 6.07) is 23.7. The number of rotatable bonds is 6. The fourth-order valence-electron chi connectivity index (χ4n) is 2.77. The van der Waals surface area contributed by atoms with Crippen molar-refractivity contribution in [2.75, 3.05) is 11.9 Å². The topological polar surface area (TPSA) is 45.2 Å². The Morgan fingerprint density at radius 2 is 1.81 bits per heavy atom. The predicted molar refractivity (Wildman–Crippen MR) is 105 cm³/mol. The maximum Gasteiger partial charge on any atom is 0.322 e. The molecule has 2 aromatic carbocycles. The molecule has 3 aromatic rings. The van der Waals surface area contributed by atoms with Gasteiger partial charge in [0, 0.05) is 18.4 Å². The molecule has 0 saturated heterocycles. The second-order valence-electron chi connectivity index (χ2n) is 6.28. The third-order valence-electron chi connectivity index (χ3n) is 4.15. The van der Waals surface area contributed by atoms with Crippen LogP contribution in [-0.4, -0.2) is 22.5 Å². The highest BCUT2D eigenvalue weighted by Gasteiger charge is 2.15. The average molecular weight is 345 g/mol. The lowest BCUT2D eigenvalue weighted by Crippen LogP contribution is -2.36. The number of pyridine rings is 1. The van der Waals surface area contributed by atoms with Gasteiger partial charge in [-0.15, -0.1) is 0 Å². The molecule has 0 fully saturated rings. The van der Waals surface area contributed by atoms with E-state index in [-0.39, 0.29) is 6.03 Å². The number of nitrogens with zero attached hydrogens (tertiary/aromatic N) is 2. The van der Waals surface area contributed by atoms with Crippen LogP contribution in [0.2, 0.25) is 0 Å². The van der Waals surface area contributed by atoms with E-state index in [4.69, 9.17) is 0 Å². The minimum Gasteiger partial charge on any atom is -0.318 e. The van der Waals surface area contributed by atoms with Gasteiger partial charge in [0.2, 0.25) is 0 Å². The summed E-state index contributed by atoms with van der Waals surface area (Å²) in [5.74, 6) is 0. The molecule has 0 bridgehead atoms. The number of carbonyl (C=O) groups excluding carboxylic acids is 1. The Morgan fingerprint density at radius 1 is 1.00 bits per heavy atom. The molecule has 3 rings (SSSR count). The molecule has 4 nitrogen and oxygen atoms in total. The van der Waals surface area contributed by atoms with Crippen molar-refractivity contribution < 1.29 is 4.79 Å². The molecule has 1 aromatic heterocycles. The lowest BCUT2D eigenvalue weighted by Gasteiger charge is -2.23. The molecule has 0 atom stereocenters. The molecule has 0 aliphatic heterocycles. The van der Waals surface area contributed by atoms with Crippen molar-refractivity contribution in [2.45, 2.75) is 19.9 Å². The summed E-state index contributed by atoms with van der Waals surface area (Å²) in [5, 5.41) is 3.00. The van der Waals surface area contributed by atoms with Crippen LogP contribution in [0.3, 0.4) is 0 Å². The van der Waals surface area contributed by atoms with Gasteiger partial charge in [-0.2, -0.15) is 0 Å². The Labute approximate surface area is 154 Å². The fourth-order valence-corrected chi connectivity index (χ4v) is 2.77. The van der Waals surface area contributed by atoms with E-state index in [1.54, 1.807) is 11.1 Å². The van der Waals surface area contributed by atoms with Crippen molar-refractivity contribution in [1.29, 1.82) is 0 Å². The molecule has 0 radical (unpaired) electrons. The van der Waals surface area contributed by atoms with Gasteiger partial charge in [-0.3, -0.25) is 4.98 Å². The standard InChI is InChI=1S/C22H23N3O/c1-18-8-7-12-20(16-18)24-22(26)25(17-21-11-5-6-14-23-21)15-13-19-9-3-2-4-10-19/h2-12,14,16H,13,15,17H2,1H3,(H,24,26). The van der Waals surface area contributed by atoms with E-state index in [0.29, 0.717) is 13.1 Å². The first-order valence-corrected chi connectivity index (χ1v) is 8.77. The Balaban J connectivity index is 1.71. The maximum absolute atomic E-state index is 12.8. The smallest absolute Gasteiger partial charge is 0.318 e. The van der Waals surface area contributed by atoms with Crippen molar-refractivity contribution in [1.82, 2.24) is 9.88 Å². The predicted octanol–water partition coefficient (Wildman–Crippen LogP) is 4.67. The Hall–Kier alpha value is -3.14. The van der Waals surface area contributed by atoms with Crippen LogP contribution < -0.4 is 5.32 Å². The zero-order chi connectivity index (χ0) is 18.2. The number of aryl methyl sites for hydroxylation is 1. The van der Waals surface area contributed by atoms with Gasteiger partial charge in [0.15, 0.2) is 0 Å². The second-order valence-corrected chi connectivity index (χ2v) is 6.28. The summed E-state index contributed by atoms with van der Waals surface area (Å²) in [5.41, 5.74) is 4.01. The summed E-state index contributed by atoms with van der Waals surface area (Å²) >= 11 is 0. The van der Waals surface area contributed by atoms with Crippen LogP contribution >= 0.6 is 0 Å². The van der Waals surface area contributed by atoms with Crippen LogP contribution in [0.15, 0.2) is 79.0 Å². The summed E-state index contributed by atoms with van der Waals surface area (Å²) in [7, 11) is 0. The van der Waals surface area contributed by atoms with E-state index in [1.807, 2.05) is 67.6 Å². The van der Waals surface area contributed by atoms with Crippen molar-refractivity contribution in [3.05, 3.63) is 95.8 Å². The largest absolute Gasteiger partial charge is 0.322 e. The van der Waals surface area contributed by atoms with Gasteiger partial charge in [-0.05, 0) is 48.7 Å². The number of anilines is 1. The van der Waals surface area contributed by atoms with Crippen molar-refractivity contribution in [3.63, 3.8) is 0 Å². The van der Waals surface area contributed by atoms with Gasteiger partial charge in [-0.1, -0.05) is 48.5 Å². The zero-order valence-corrected chi connectivity index (χ0v) is 14.9. The number of benzene rings is 2. The lowest BCUT2D eigenvalue weighted by atomic mass is 10.1. The number of carbonyl (C=O) groups is 1. The van der Waals surface area contributed by atoms with E-state index < -0.39 is 0 Å². The molecule has 0 aliphatic rings. The minimum atomic E-state index is -0.114. The molecule has 26 heavy (non-hydrogen) atoms. The molecule has 0 aliphatic carbocycles. The quantitative estimate of drug-likeness (QED) is 0.706. The maximum atomic E-state index is 12.8. The minimum absolute atomic E-state index is 0.114. The van der Waals surface area contributed by atoms with E-state index in [2.05, 4.69) is 22.4 Å². The highest BCUT2D eigenvalue weighted by molar-refractivity contribution is 5.89. The first kappa shape index (κ1) is 17.7. The van der Waals surface area contributed by atoms with E-state index >= 15 is 0 Å². The molecule has 132 valence electrons. The van der Waals surface area contributed by atoms with Crippen molar-refractivity contribution in [2.24, 2.45) is 0 Å². The highest BCUT2D eigenvalue weighted by atomic mass is 16.2. The fraction of sp³-hybridized carbons (Fsp3) is 0.182. The van der Waals surface area contributed by atoms with Crippen LogP contribution in [0.5, 0.6) is 0 Å². The van der Waals surface area contributed by atoms with E-state index in [9.17, 15) is 4.79 Å². The molecule has 0 saturated carbocycles. The Morgan fingerprint density at radius 3 is 2.54 bits per heavy atom. The number of urea groups is 1. The first-order valence-electron chi connectivity index (χ1n) is 8.77. The third kappa shape index (κ3) is 5.18. The van der Waals surface area contributed by atoms with E-state index in [1.165, 1.54) is 5.56 Å². The van der Waals surface area contributed by atoms with Gasteiger partial charge >= 0.3 is 6.03 Å². The van der Waals surface area contributed by atoms with Crippen LogP contribution in [0.4, 0.5) is 10.5 Å². The number of hydrogen-bond acceptors (Lipinski definition) is 2. The zero-order valence-electron chi connectivity index (χ0n) is 14.9. The number of hydrogen-bond donors (Lipinski definition) is 1. The number of nitrogens with one attached hydrogen (secondary N) is 1. The number of aromatic nitrogens is 1. The van der Waals surface area contributed by atoms with Gasteiger partial charge in [0.25, 0.3) is 0 Å². The average Bonchev–Trinajstić information content (AvgIpc) is 2.66. The van der Waals surface area contributed by atoms with Gasteiger partial charge in [0.1, 0.15) is 0 Å². The van der Waals surface area contributed by atoms with Gasteiger partial charge < -0.3 is 10.2 Å². The molecular formula is C22H23N3O. The molecule has 4 heteroatoms. The molecule has 2 amide bonds. The molecule has 1 heterocycles. The first-order chi connectivity index (χ1) is 12.7. The lowest BCUT2D eigenvalue weighted by molar-refractivity contribution is 0.209. The van der Waals surface area contributed by atoms with Crippen LogP contribution in [0.1, 0.15) is 16.8 Å². The summed E-state index contributed by atoms with van der Waals surface area (Å²) in [6.07, 6.45) is 2.55. The summed E-state index contributed by atoms with van der Waals surface area (Å²) in [4.78, 5) is 19.0. The third-order valence-corrected chi connectivity index (χ3v) is 4.15. The second kappa shape index (κ2) is 8.81. The molecule has 1 N–H and O–H groups in total. The van der Waals surface area contributed by atoms with Crippen molar-refractivity contribution in [3.8, 4) is 0 Å². The summed E-state index contributed by atoms with van der Waals surface area (Å²) < 4.78 is 0. The monoisotopic (exact) mass is 345 g/mol. The van der Waals surface area contributed by atoms with Crippen molar-refractivity contribution >= 4 is 11.7 Å².